The van der Waals surface area contributed by atoms with Crippen molar-refractivity contribution in [1.82, 2.24) is 0 Å². The van der Waals surface area contributed by atoms with Crippen molar-refractivity contribution in [2.24, 2.45) is 0 Å². The summed E-state index contributed by atoms with van der Waals surface area (Å²) >= 11 is 0. The Balaban J connectivity index is 1.80. The van der Waals surface area contributed by atoms with E-state index in [9.17, 15) is 5.11 Å². The van der Waals surface area contributed by atoms with Gasteiger partial charge in [-0.2, -0.15) is 0 Å². The van der Waals surface area contributed by atoms with Gasteiger partial charge in [0.15, 0.2) is 11.5 Å². The van der Waals surface area contributed by atoms with Crippen molar-refractivity contribution in [3.05, 3.63) is 47.5 Å². The highest BCUT2D eigenvalue weighted by molar-refractivity contribution is 5.55. The molecule has 0 saturated heterocycles. The number of hydrogen-bond acceptors (Lipinski definition) is 4. The van der Waals surface area contributed by atoms with Crippen LogP contribution in [-0.4, -0.2) is 11.9 Å². The van der Waals surface area contributed by atoms with E-state index in [1.165, 1.54) is 5.56 Å². The molecule has 0 saturated carbocycles. The third-order valence-corrected chi connectivity index (χ3v) is 3.63. The molecule has 0 amide bonds. The number of ether oxygens (including phenoxy) is 2. The number of rotatable bonds is 4. The lowest BCUT2D eigenvalue weighted by Gasteiger charge is -2.15. The fourth-order valence-corrected chi connectivity index (χ4v) is 2.47. The van der Waals surface area contributed by atoms with Crippen molar-refractivity contribution >= 4 is 5.69 Å². The lowest BCUT2D eigenvalue weighted by molar-refractivity contribution is 0.174. The first kappa shape index (κ1) is 13.6. The minimum absolute atomic E-state index is 0.210. The van der Waals surface area contributed by atoms with E-state index in [4.69, 9.17) is 9.47 Å². The number of phenols is 1. The zero-order valence-electron chi connectivity index (χ0n) is 12.2. The first-order chi connectivity index (χ1) is 10.1. The number of hydrogen-bond donors (Lipinski definition) is 2. The van der Waals surface area contributed by atoms with Crippen LogP contribution >= 0.6 is 0 Å². The molecule has 110 valence electrons. The molecule has 1 aliphatic heterocycles. The molecule has 0 unspecified atom stereocenters. The van der Waals surface area contributed by atoms with Gasteiger partial charge in [0.05, 0.1) is 0 Å². The summed E-state index contributed by atoms with van der Waals surface area (Å²) in [6.45, 7) is 5.07. The third-order valence-electron chi connectivity index (χ3n) is 3.63. The molecule has 0 aromatic heterocycles. The van der Waals surface area contributed by atoms with Crippen LogP contribution in [0.4, 0.5) is 5.69 Å². The van der Waals surface area contributed by atoms with Crippen molar-refractivity contribution in [2.45, 2.75) is 26.3 Å². The Hall–Kier alpha value is -2.36. The Labute approximate surface area is 124 Å². The van der Waals surface area contributed by atoms with Crippen LogP contribution in [0.5, 0.6) is 17.2 Å². The number of benzene rings is 2. The second-order valence-corrected chi connectivity index (χ2v) is 5.43. The van der Waals surface area contributed by atoms with Gasteiger partial charge < -0.3 is 19.9 Å². The maximum Gasteiger partial charge on any atom is 0.231 e. The van der Waals surface area contributed by atoms with E-state index in [0.717, 1.165) is 11.3 Å². The van der Waals surface area contributed by atoms with Crippen LogP contribution in [0.2, 0.25) is 0 Å². The third kappa shape index (κ3) is 2.75. The Morgan fingerprint density at radius 3 is 2.62 bits per heavy atom. The van der Waals surface area contributed by atoms with Gasteiger partial charge in [0.25, 0.3) is 0 Å². The molecular formula is C17H19NO3. The Morgan fingerprint density at radius 1 is 1.14 bits per heavy atom. The van der Waals surface area contributed by atoms with Crippen molar-refractivity contribution in [2.75, 3.05) is 12.1 Å². The summed E-state index contributed by atoms with van der Waals surface area (Å²) in [5, 5.41) is 13.4. The largest absolute Gasteiger partial charge is 0.507 e. The highest BCUT2D eigenvalue weighted by Gasteiger charge is 2.17. The SMILES string of the molecule is CC(C)c1ccccc1NCc1cc2c(cc1O)OCO2. The van der Waals surface area contributed by atoms with E-state index in [0.29, 0.717) is 24.0 Å². The smallest absolute Gasteiger partial charge is 0.231 e. The predicted octanol–water partition coefficient (Wildman–Crippen LogP) is 3.86. The van der Waals surface area contributed by atoms with Gasteiger partial charge >= 0.3 is 0 Å². The molecule has 2 aromatic carbocycles. The average molecular weight is 285 g/mol. The standard InChI is InChI=1S/C17H19NO3/c1-11(2)13-5-3-4-6-14(13)18-9-12-7-16-17(8-15(12)19)21-10-20-16/h3-8,11,18-19H,9-10H2,1-2H3. The predicted molar refractivity (Wildman–Crippen MR) is 82.1 cm³/mol. The molecule has 2 aromatic rings. The van der Waals surface area contributed by atoms with Gasteiger partial charge in [-0.15, -0.1) is 0 Å². The number of aromatic hydroxyl groups is 1. The quantitative estimate of drug-likeness (QED) is 0.895. The number of anilines is 1. The molecule has 4 nitrogen and oxygen atoms in total. The maximum atomic E-state index is 10.1. The monoisotopic (exact) mass is 285 g/mol. The zero-order valence-corrected chi connectivity index (χ0v) is 12.2. The molecule has 1 aliphatic rings. The lowest BCUT2D eigenvalue weighted by Crippen LogP contribution is -2.03. The topological polar surface area (TPSA) is 50.7 Å². The summed E-state index contributed by atoms with van der Waals surface area (Å²) in [5.41, 5.74) is 3.14. The second-order valence-electron chi connectivity index (χ2n) is 5.43. The summed E-state index contributed by atoms with van der Waals surface area (Å²) in [7, 11) is 0. The van der Waals surface area contributed by atoms with Crippen molar-refractivity contribution in [3.8, 4) is 17.2 Å². The van der Waals surface area contributed by atoms with E-state index in [1.807, 2.05) is 18.2 Å². The first-order valence-electron chi connectivity index (χ1n) is 7.09. The number of para-hydroxylation sites is 1. The molecule has 0 bridgehead atoms. The van der Waals surface area contributed by atoms with E-state index < -0.39 is 0 Å². The van der Waals surface area contributed by atoms with Gasteiger partial charge in [-0.1, -0.05) is 32.0 Å². The molecule has 0 fully saturated rings. The molecule has 0 atom stereocenters. The van der Waals surface area contributed by atoms with Crippen LogP contribution in [0.3, 0.4) is 0 Å². The Kier molecular flexibility index (Phi) is 3.60. The highest BCUT2D eigenvalue weighted by atomic mass is 16.7. The summed E-state index contributed by atoms with van der Waals surface area (Å²) in [5.74, 6) is 1.94. The van der Waals surface area contributed by atoms with Crippen molar-refractivity contribution in [3.63, 3.8) is 0 Å². The number of nitrogens with one attached hydrogen (secondary N) is 1. The first-order valence-corrected chi connectivity index (χ1v) is 7.09. The van der Waals surface area contributed by atoms with Crippen molar-refractivity contribution in [1.29, 1.82) is 0 Å². The Morgan fingerprint density at radius 2 is 1.86 bits per heavy atom. The summed E-state index contributed by atoms with van der Waals surface area (Å²) in [6, 6.07) is 11.6. The minimum atomic E-state index is 0.210. The lowest BCUT2D eigenvalue weighted by atomic mass is 10.0. The van der Waals surface area contributed by atoms with Crippen LogP contribution < -0.4 is 14.8 Å². The van der Waals surface area contributed by atoms with Crippen LogP contribution in [0.25, 0.3) is 0 Å². The summed E-state index contributed by atoms with van der Waals surface area (Å²) in [4.78, 5) is 0. The molecular weight excluding hydrogens is 266 g/mol. The van der Waals surface area contributed by atoms with Crippen LogP contribution in [0.15, 0.2) is 36.4 Å². The van der Waals surface area contributed by atoms with Gasteiger partial charge in [0.1, 0.15) is 5.75 Å². The molecule has 0 radical (unpaired) electrons. The Bertz CT molecular complexity index is 652. The van der Waals surface area contributed by atoms with E-state index in [-0.39, 0.29) is 12.5 Å². The van der Waals surface area contributed by atoms with Gasteiger partial charge in [-0.3, -0.25) is 0 Å². The molecule has 0 aliphatic carbocycles. The molecule has 1 heterocycles. The van der Waals surface area contributed by atoms with E-state index in [2.05, 4.69) is 31.3 Å². The summed E-state index contributed by atoms with van der Waals surface area (Å²) in [6.07, 6.45) is 0. The summed E-state index contributed by atoms with van der Waals surface area (Å²) < 4.78 is 10.6. The highest BCUT2D eigenvalue weighted by Crippen LogP contribution is 2.38. The van der Waals surface area contributed by atoms with Crippen molar-refractivity contribution < 1.29 is 14.6 Å². The molecule has 21 heavy (non-hydrogen) atoms. The molecule has 2 N–H and O–H groups in total. The molecule has 4 heteroatoms. The molecule has 0 spiro atoms. The van der Waals surface area contributed by atoms with Crippen LogP contribution in [-0.2, 0) is 6.54 Å². The molecule has 3 rings (SSSR count). The van der Waals surface area contributed by atoms with Gasteiger partial charge in [0.2, 0.25) is 6.79 Å². The van der Waals surface area contributed by atoms with Crippen LogP contribution in [0.1, 0.15) is 30.9 Å². The van der Waals surface area contributed by atoms with Gasteiger partial charge in [0, 0.05) is 23.9 Å². The average Bonchev–Trinajstić information content (AvgIpc) is 2.92. The van der Waals surface area contributed by atoms with Gasteiger partial charge in [-0.25, -0.2) is 0 Å². The van der Waals surface area contributed by atoms with E-state index in [1.54, 1.807) is 6.07 Å². The minimum Gasteiger partial charge on any atom is -0.507 e. The fourth-order valence-electron chi connectivity index (χ4n) is 2.47. The second kappa shape index (κ2) is 5.56. The number of fused-ring (bicyclic) bond motifs is 1. The van der Waals surface area contributed by atoms with E-state index >= 15 is 0 Å². The number of phenolic OH excluding ortho intramolecular Hbond substituents is 1. The van der Waals surface area contributed by atoms with Gasteiger partial charge in [-0.05, 0) is 23.6 Å². The zero-order chi connectivity index (χ0) is 14.8. The van der Waals surface area contributed by atoms with Crippen LogP contribution in [0, 0.1) is 0 Å². The fraction of sp³-hybridized carbons (Fsp3) is 0.294. The maximum absolute atomic E-state index is 10.1. The normalized spacial score (nSPS) is 12.7.